The standard InChI is InChI=1S/C12H16N2O2/c1-8-3-6-13-10(9(8)11(15)16)14-7-12(2)4-5-12/h3,6H,4-5,7H2,1-2H3,(H,13,14)(H,15,16). The first-order valence-electron chi connectivity index (χ1n) is 5.45. The molecule has 1 aromatic rings. The first-order valence-corrected chi connectivity index (χ1v) is 5.45. The molecule has 1 aliphatic rings. The lowest BCUT2D eigenvalue weighted by atomic mass is 10.1. The molecule has 0 radical (unpaired) electrons. The number of anilines is 1. The number of aromatic carboxylic acids is 1. The van der Waals surface area contributed by atoms with Gasteiger partial charge in [-0.15, -0.1) is 0 Å². The average molecular weight is 220 g/mol. The number of pyridine rings is 1. The van der Waals surface area contributed by atoms with Crippen molar-refractivity contribution in [3.05, 3.63) is 23.4 Å². The van der Waals surface area contributed by atoms with Gasteiger partial charge in [0.1, 0.15) is 11.4 Å². The quantitative estimate of drug-likeness (QED) is 0.817. The molecule has 1 aromatic heterocycles. The van der Waals surface area contributed by atoms with E-state index in [0.717, 1.165) is 12.1 Å². The van der Waals surface area contributed by atoms with Gasteiger partial charge in [0.15, 0.2) is 0 Å². The summed E-state index contributed by atoms with van der Waals surface area (Å²) in [6.07, 6.45) is 4.04. The highest BCUT2D eigenvalue weighted by atomic mass is 16.4. The summed E-state index contributed by atoms with van der Waals surface area (Å²) < 4.78 is 0. The molecule has 2 N–H and O–H groups in total. The van der Waals surface area contributed by atoms with E-state index in [4.69, 9.17) is 5.11 Å². The summed E-state index contributed by atoms with van der Waals surface area (Å²) in [6.45, 7) is 4.77. The molecule has 0 aliphatic heterocycles. The van der Waals surface area contributed by atoms with Crippen molar-refractivity contribution in [1.29, 1.82) is 0 Å². The van der Waals surface area contributed by atoms with E-state index in [2.05, 4.69) is 17.2 Å². The van der Waals surface area contributed by atoms with E-state index < -0.39 is 5.97 Å². The Hall–Kier alpha value is -1.58. The third kappa shape index (κ3) is 2.15. The Morgan fingerprint density at radius 1 is 1.62 bits per heavy atom. The molecule has 0 bridgehead atoms. The highest BCUT2D eigenvalue weighted by Gasteiger charge is 2.37. The lowest BCUT2D eigenvalue weighted by Gasteiger charge is -2.13. The predicted octanol–water partition coefficient (Wildman–Crippen LogP) is 2.30. The van der Waals surface area contributed by atoms with Crippen LogP contribution in [0.25, 0.3) is 0 Å². The maximum atomic E-state index is 11.1. The van der Waals surface area contributed by atoms with Gasteiger partial charge >= 0.3 is 5.97 Å². The molecule has 0 unspecified atom stereocenters. The first kappa shape index (κ1) is 10.9. The maximum absolute atomic E-state index is 11.1. The fraction of sp³-hybridized carbons (Fsp3) is 0.500. The van der Waals surface area contributed by atoms with Crippen molar-refractivity contribution < 1.29 is 9.90 Å². The van der Waals surface area contributed by atoms with Gasteiger partial charge in [-0.1, -0.05) is 6.92 Å². The number of carboxylic acids is 1. The molecule has 16 heavy (non-hydrogen) atoms. The smallest absolute Gasteiger partial charge is 0.339 e. The van der Waals surface area contributed by atoms with Crippen LogP contribution in [0.3, 0.4) is 0 Å². The van der Waals surface area contributed by atoms with Crippen LogP contribution in [-0.2, 0) is 0 Å². The molecule has 1 aliphatic carbocycles. The maximum Gasteiger partial charge on any atom is 0.339 e. The Kier molecular flexibility index (Phi) is 2.58. The highest BCUT2D eigenvalue weighted by molar-refractivity contribution is 5.94. The minimum atomic E-state index is -0.922. The van der Waals surface area contributed by atoms with Gasteiger partial charge < -0.3 is 10.4 Å². The lowest BCUT2D eigenvalue weighted by Crippen LogP contribution is -2.16. The summed E-state index contributed by atoms with van der Waals surface area (Å²) in [6, 6.07) is 1.72. The molecular formula is C12H16N2O2. The molecule has 0 aromatic carbocycles. The molecule has 0 atom stereocenters. The zero-order valence-corrected chi connectivity index (χ0v) is 9.58. The largest absolute Gasteiger partial charge is 0.478 e. The predicted molar refractivity (Wildman–Crippen MR) is 61.8 cm³/mol. The zero-order valence-electron chi connectivity index (χ0n) is 9.58. The molecule has 1 saturated carbocycles. The topological polar surface area (TPSA) is 62.2 Å². The Morgan fingerprint density at radius 2 is 2.31 bits per heavy atom. The van der Waals surface area contributed by atoms with Gasteiger partial charge in [0.2, 0.25) is 0 Å². The number of nitrogens with zero attached hydrogens (tertiary/aromatic N) is 1. The fourth-order valence-electron chi connectivity index (χ4n) is 1.65. The Morgan fingerprint density at radius 3 is 2.88 bits per heavy atom. The summed E-state index contributed by atoms with van der Waals surface area (Å²) in [5.74, 6) is -0.435. The van der Waals surface area contributed by atoms with Crippen molar-refractivity contribution >= 4 is 11.8 Å². The molecule has 1 fully saturated rings. The van der Waals surface area contributed by atoms with Crippen molar-refractivity contribution in [2.75, 3.05) is 11.9 Å². The van der Waals surface area contributed by atoms with Crippen LogP contribution < -0.4 is 5.32 Å². The van der Waals surface area contributed by atoms with Crippen LogP contribution in [0.15, 0.2) is 12.3 Å². The molecule has 4 heteroatoms. The average Bonchev–Trinajstić information content (AvgIpc) is 2.94. The Balaban J connectivity index is 2.19. The Labute approximate surface area is 94.7 Å². The molecule has 0 spiro atoms. The van der Waals surface area contributed by atoms with E-state index in [1.807, 2.05) is 0 Å². The molecular weight excluding hydrogens is 204 g/mol. The van der Waals surface area contributed by atoms with Crippen LogP contribution in [0.2, 0.25) is 0 Å². The van der Waals surface area contributed by atoms with Crippen molar-refractivity contribution in [3.63, 3.8) is 0 Å². The van der Waals surface area contributed by atoms with Crippen molar-refractivity contribution in [2.24, 2.45) is 5.41 Å². The normalized spacial score (nSPS) is 16.9. The van der Waals surface area contributed by atoms with E-state index in [1.165, 1.54) is 12.8 Å². The molecule has 86 valence electrons. The van der Waals surface area contributed by atoms with Crippen LogP contribution in [0.4, 0.5) is 5.82 Å². The Bertz CT molecular complexity index is 425. The van der Waals surface area contributed by atoms with E-state index in [9.17, 15) is 4.79 Å². The van der Waals surface area contributed by atoms with Crippen LogP contribution in [0.5, 0.6) is 0 Å². The van der Waals surface area contributed by atoms with Gasteiger partial charge in [-0.25, -0.2) is 9.78 Å². The molecule has 2 rings (SSSR count). The summed E-state index contributed by atoms with van der Waals surface area (Å²) in [4.78, 5) is 15.2. The number of nitrogens with one attached hydrogen (secondary N) is 1. The van der Waals surface area contributed by atoms with E-state index in [1.54, 1.807) is 19.2 Å². The lowest BCUT2D eigenvalue weighted by molar-refractivity contribution is 0.0696. The van der Waals surface area contributed by atoms with Gasteiger partial charge in [0.05, 0.1) is 0 Å². The van der Waals surface area contributed by atoms with Crippen molar-refractivity contribution in [1.82, 2.24) is 4.98 Å². The summed E-state index contributed by atoms with van der Waals surface area (Å²) in [7, 11) is 0. The summed E-state index contributed by atoms with van der Waals surface area (Å²) in [5, 5.41) is 12.3. The first-order chi connectivity index (χ1) is 7.52. The van der Waals surface area contributed by atoms with Crippen molar-refractivity contribution in [2.45, 2.75) is 26.7 Å². The van der Waals surface area contributed by atoms with E-state index >= 15 is 0 Å². The van der Waals surface area contributed by atoms with Crippen LogP contribution in [0, 0.1) is 12.3 Å². The minimum absolute atomic E-state index is 0.284. The number of carbonyl (C=O) groups is 1. The molecule has 4 nitrogen and oxygen atoms in total. The van der Waals surface area contributed by atoms with E-state index in [0.29, 0.717) is 11.2 Å². The second kappa shape index (κ2) is 3.77. The zero-order chi connectivity index (χ0) is 11.8. The summed E-state index contributed by atoms with van der Waals surface area (Å²) >= 11 is 0. The number of hydrogen-bond donors (Lipinski definition) is 2. The number of hydrogen-bond acceptors (Lipinski definition) is 3. The number of rotatable bonds is 4. The summed E-state index contributed by atoms with van der Waals surface area (Å²) in [5.41, 5.74) is 1.36. The fourth-order valence-corrected chi connectivity index (χ4v) is 1.65. The molecule has 0 saturated heterocycles. The molecule has 0 amide bonds. The van der Waals surface area contributed by atoms with Crippen LogP contribution >= 0.6 is 0 Å². The monoisotopic (exact) mass is 220 g/mol. The molecule has 1 heterocycles. The number of aryl methyl sites for hydroxylation is 1. The van der Waals surface area contributed by atoms with Gasteiger partial charge in [0.25, 0.3) is 0 Å². The van der Waals surface area contributed by atoms with Crippen LogP contribution in [0.1, 0.15) is 35.7 Å². The number of aromatic nitrogens is 1. The van der Waals surface area contributed by atoms with Gasteiger partial charge in [0, 0.05) is 12.7 Å². The van der Waals surface area contributed by atoms with Gasteiger partial charge in [-0.2, -0.15) is 0 Å². The number of carboxylic acid groups (broad SMARTS) is 1. The third-order valence-electron chi connectivity index (χ3n) is 3.16. The van der Waals surface area contributed by atoms with Crippen molar-refractivity contribution in [3.8, 4) is 0 Å². The minimum Gasteiger partial charge on any atom is -0.478 e. The van der Waals surface area contributed by atoms with Crippen LogP contribution in [-0.4, -0.2) is 22.6 Å². The van der Waals surface area contributed by atoms with E-state index in [-0.39, 0.29) is 5.56 Å². The third-order valence-corrected chi connectivity index (χ3v) is 3.16. The SMILES string of the molecule is Cc1ccnc(NCC2(C)CC2)c1C(=O)O. The van der Waals surface area contributed by atoms with Gasteiger partial charge in [-0.05, 0) is 36.8 Å². The van der Waals surface area contributed by atoms with Gasteiger partial charge in [-0.3, -0.25) is 0 Å². The second-order valence-corrected chi connectivity index (χ2v) is 4.82. The second-order valence-electron chi connectivity index (χ2n) is 4.82. The highest BCUT2D eigenvalue weighted by Crippen LogP contribution is 2.44.